The van der Waals surface area contributed by atoms with E-state index >= 15 is 0 Å². The first-order valence-corrected chi connectivity index (χ1v) is 19.2. The highest BCUT2D eigenvalue weighted by Crippen LogP contribution is 2.30. The van der Waals surface area contributed by atoms with Gasteiger partial charge < -0.3 is 10.5 Å². The lowest BCUT2D eigenvalue weighted by atomic mass is 9.86. The molecular formula is C50H73N3O. The monoisotopic (exact) mass is 732 g/mol. The van der Waals surface area contributed by atoms with Gasteiger partial charge in [-0.3, -0.25) is 9.97 Å². The van der Waals surface area contributed by atoms with Crippen LogP contribution in [0.2, 0.25) is 0 Å². The smallest absolute Gasteiger partial charge is 0.122 e. The molecule has 0 aliphatic heterocycles. The number of hydrogen-bond acceptors (Lipinski definition) is 4. The van der Waals surface area contributed by atoms with Gasteiger partial charge in [0.15, 0.2) is 0 Å². The minimum absolute atomic E-state index is 0.159. The normalized spacial score (nSPS) is 11.5. The largest absolute Gasteiger partial charge is 0.496 e. The fourth-order valence-corrected chi connectivity index (χ4v) is 5.03. The van der Waals surface area contributed by atoms with Crippen LogP contribution in [0.15, 0.2) is 128 Å². The van der Waals surface area contributed by atoms with E-state index < -0.39 is 0 Å². The molecule has 3 aromatic carbocycles. The Morgan fingerprint density at radius 2 is 0.907 bits per heavy atom. The van der Waals surface area contributed by atoms with Crippen molar-refractivity contribution in [2.24, 2.45) is 5.73 Å². The molecular weight excluding hydrogens is 659 g/mol. The summed E-state index contributed by atoms with van der Waals surface area (Å²) < 4.78 is 5.27. The minimum atomic E-state index is 0.159. The molecule has 4 nitrogen and oxygen atoms in total. The van der Waals surface area contributed by atoms with Crippen LogP contribution in [0, 0.1) is 0 Å². The van der Waals surface area contributed by atoms with Crippen molar-refractivity contribution >= 4 is 0 Å². The number of nitrogens with zero attached hydrogens (tertiary/aromatic N) is 2. The van der Waals surface area contributed by atoms with E-state index in [2.05, 4.69) is 193 Å². The minimum Gasteiger partial charge on any atom is -0.496 e. The summed E-state index contributed by atoms with van der Waals surface area (Å²) >= 11 is 0. The molecule has 54 heavy (non-hydrogen) atoms. The molecule has 4 heteroatoms. The Hall–Kier alpha value is -4.28. The van der Waals surface area contributed by atoms with E-state index in [1.165, 1.54) is 33.4 Å². The van der Waals surface area contributed by atoms with Crippen LogP contribution in [-0.4, -0.2) is 17.1 Å². The van der Waals surface area contributed by atoms with Gasteiger partial charge >= 0.3 is 0 Å². The highest BCUT2D eigenvalue weighted by molar-refractivity contribution is 5.38. The number of benzene rings is 3. The predicted molar refractivity (Wildman–Crippen MR) is 236 cm³/mol. The van der Waals surface area contributed by atoms with Gasteiger partial charge in [0.05, 0.1) is 7.11 Å². The van der Waals surface area contributed by atoms with E-state index in [-0.39, 0.29) is 21.7 Å². The Morgan fingerprint density at radius 1 is 0.444 bits per heavy atom. The van der Waals surface area contributed by atoms with E-state index in [1.807, 2.05) is 42.9 Å². The molecule has 0 unspecified atom stereocenters. The summed E-state index contributed by atoms with van der Waals surface area (Å²) in [5.74, 6) is 0.977. The first-order chi connectivity index (χ1) is 24.9. The Labute approximate surface area is 331 Å². The van der Waals surface area contributed by atoms with E-state index in [4.69, 9.17) is 10.5 Å². The zero-order valence-electron chi connectivity index (χ0n) is 36.7. The quantitative estimate of drug-likeness (QED) is 0.196. The van der Waals surface area contributed by atoms with E-state index in [0.717, 1.165) is 5.75 Å². The fraction of sp³-hybridized carbons (Fsp3) is 0.440. The van der Waals surface area contributed by atoms with Gasteiger partial charge in [-0.05, 0) is 84.7 Å². The molecule has 0 saturated heterocycles. The second kappa shape index (κ2) is 21.6. The van der Waals surface area contributed by atoms with Gasteiger partial charge in [0.25, 0.3) is 0 Å². The lowest BCUT2D eigenvalue weighted by Crippen LogP contribution is -2.12. The summed E-state index contributed by atoms with van der Waals surface area (Å²) in [6.07, 6.45) is 7.39. The highest BCUT2D eigenvalue weighted by atomic mass is 16.5. The van der Waals surface area contributed by atoms with Crippen LogP contribution in [0.25, 0.3) is 0 Å². The Bertz CT molecular complexity index is 1600. The van der Waals surface area contributed by atoms with Crippen molar-refractivity contribution in [3.8, 4) is 5.75 Å². The molecule has 2 aromatic heterocycles. The molecule has 5 aromatic rings. The lowest BCUT2D eigenvalue weighted by molar-refractivity contribution is 0.397. The maximum Gasteiger partial charge on any atom is 0.122 e. The van der Waals surface area contributed by atoms with Crippen LogP contribution >= 0.6 is 0 Å². The third-order valence-corrected chi connectivity index (χ3v) is 8.66. The maximum atomic E-state index is 5.56. The third kappa shape index (κ3) is 18.7. The SMILES string of the molecule is CC(C)(C)c1cccc(CN)c1.CC(C)(C)c1ccccc1.CC(C)(C)c1cccnc1.CC(C)(C)c1ccncc1.COc1ccccc1C(C)(C)C. The average molecular weight is 732 g/mol. The van der Waals surface area contributed by atoms with E-state index in [0.29, 0.717) is 12.0 Å². The number of rotatable bonds is 2. The zero-order valence-corrected chi connectivity index (χ0v) is 36.7. The van der Waals surface area contributed by atoms with Crippen molar-refractivity contribution in [2.45, 2.75) is 137 Å². The highest BCUT2D eigenvalue weighted by Gasteiger charge is 2.18. The lowest BCUT2D eigenvalue weighted by Gasteiger charge is -2.21. The Kier molecular flexibility index (Phi) is 19.1. The summed E-state index contributed by atoms with van der Waals surface area (Å²) in [5.41, 5.74) is 14.6. The van der Waals surface area contributed by atoms with E-state index in [9.17, 15) is 0 Å². The van der Waals surface area contributed by atoms with Crippen LogP contribution in [0.1, 0.15) is 137 Å². The summed E-state index contributed by atoms with van der Waals surface area (Å²) in [4.78, 5) is 8.01. The molecule has 0 aliphatic carbocycles. The van der Waals surface area contributed by atoms with Crippen molar-refractivity contribution in [3.05, 3.63) is 161 Å². The van der Waals surface area contributed by atoms with Crippen LogP contribution in [0.5, 0.6) is 5.75 Å². The summed E-state index contributed by atoms with van der Waals surface area (Å²) in [6, 6.07) is 35.4. The first-order valence-electron chi connectivity index (χ1n) is 19.2. The number of ether oxygens (including phenoxy) is 1. The van der Waals surface area contributed by atoms with Gasteiger partial charge in [-0.25, -0.2) is 0 Å². The second-order valence-electron chi connectivity index (χ2n) is 18.7. The standard InChI is InChI=1S/C11H17N.C11H16O.C10H14.2C9H13N/c1-11(2,3)10-6-4-5-9(7-10)8-12;1-11(2,3)9-7-5-6-8-10(9)12-4;1-10(2,3)9-7-5-4-6-8-9;1-9(2,3)8-4-6-10-7-5-8;1-9(2,3)8-5-4-6-10-7-8/h4-7H,8,12H2,1-3H3;5-8H,1-4H3;4-8H,1-3H3;2*4-7H,1-3H3. The second-order valence-corrected chi connectivity index (χ2v) is 18.7. The molecule has 5 rings (SSSR count). The van der Waals surface area contributed by atoms with Gasteiger partial charge in [0, 0.05) is 31.3 Å². The molecule has 0 fully saturated rings. The molecule has 0 radical (unpaired) electrons. The maximum absolute atomic E-state index is 5.56. The molecule has 2 heterocycles. The molecule has 0 aliphatic rings. The summed E-state index contributed by atoms with van der Waals surface area (Å²) in [7, 11) is 1.71. The number of aromatic nitrogens is 2. The number of nitrogens with two attached hydrogens (primary N) is 1. The van der Waals surface area contributed by atoms with Gasteiger partial charge in [0.2, 0.25) is 0 Å². The average Bonchev–Trinajstić information content (AvgIpc) is 3.12. The van der Waals surface area contributed by atoms with E-state index in [1.54, 1.807) is 13.3 Å². The third-order valence-electron chi connectivity index (χ3n) is 8.66. The molecule has 0 saturated carbocycles. The van der Waals surface area contributed by atoms with Gasteiger partial charge in [0.1, 0.15) is 5.75 Å². The number of para-hydroxylation sites is 1. The van der Waals surface area contributed by atoms with Crippen molar-refractivity contribution in [1.29, 1.82) is 0 Å². The van der Waals surface area contributed by atoms with Crippen LogP contribution in [0.4, 0.5) is 0 Å². The molecule has 0 bridgehead atoms. The van der Waals surface area contributed by atoms with Crippen molar-refractivity contribution in [2.75, 3.05) is 7.11 Å². The van der Waals surface area contributed by atoms with Crippen LogP contribution in [-0.2, 0) is 33.6 Å². The number of hydrogen-bond donors (Lipinski definition) is 1. The molecule has 0 atom stereocenters. The van der Waals surface area contributed by atoms with Crippen molar-refractivity contribution < 1.29 is 4.74 Å². The summed E-state index contributed by atoms with van der Waals surface area (Å²) in [6.45, 7) is 33.6. The topological polar surface area (TPSA) is 61.0 Å². The van der Waals surface area contributed by atoms with Crippen molar-refractivity contribution in [1.82, 2.24) is 9.97 Å². The number of methoxy groups -OCH3 is 1. The fourth-order valence-electron chi connectivity index (χ4n) is 5.03. The van der Waals surface area contributed by atoms with Gasteiger partial charge in [-0.15, -0.1) is 0 Å². The summed E-state index contributed by atoms with van der Waals surface area (Å²) in [5, 5.41) is 0. The number of pyridine rings is 2. The molecule has 294 valence electrons. The van der Waals surface area contributed by atoms with Crippen molar-refractivity contribution in [3.63, 3.8) is 0 Å². The van der Waals surface area contributed by atoms with Crippen LogP contribution < -0.4 is 10.5 Å². The zero-order chi connectivity index (χ0) is 41.2. The molecule has 0 spiro atoms. The predicted octanol–water partition coefficient (Wildman–Crippen LogP) is 13.2. The Morgan fingerprint density at radius 3 is 1.28 bits per heavy atom. The first kappa shape index (κ1) is 47.7. The van der Waals surface area contributed by atoms with Crippen LogP contribution in [0.3, 0.4) is 0 Å². The Balaban J connectivity index is 0.000000338. The molecule has 0 amide bonds. The van der Waals surface area contributed by atoms with Gasteiger partial charge in [-0.2, -0.15) is 0 Å². The van der Waals surface area contributed by atoms with Gasteiger partial charge in [-0.1, -0.05) is 183 Å². The molecule has 2 N–H and O–H groups in total.